The Morgan fingerprint density at radius 2 is 1.85 bits per heavy atom. The Morgan fingerprint density at radius 3 is 2.35 bits per heavy atom. The summed E-state index contributed by atoms with van der Waals surface area (Å²) in [5, 5.41) is 3.03. The van der Waals surface area contributed by atoms with E-state index in [1.54, 1.807) is 0 Å². The maximum Gasteiger partial charge on any atom is 0.246 e. The summed E-state index contributed by atoms with van der Waals surface area (Å²) in [7, 11) is 3.99. The van der Waals surface area contributed by atoms with E-state index in [1.807, 2.05) is 65.2 Å². The summed E-state index contributed by atoms with van der Waals surface area (Å²) in [6.07, 6.45) is 0. The van der Waals surface area contributed by atoms with Crippen molar-refractivity contribution in [1.29, 1.82) is 0 Å². The number of likely N-dealkylation sites (N-methyl/N-ethyl adjacent to an activating group) is 1. The highest BCUT2D eigenvalue weighted by Gasteiger charge is 2.17. The van der Waals surface area contributed by atoms with E-state index in [2.05, 4.69) is 10.2 Å². The number of carbonyl (C=O) groups is 1. The highest BCUT2D eigenvalue weighted by molar-refractivity contribution is 5.77. The van der Waals surface area contributed by atoms with Crippen LogP contribution in [-0.4, -0.2) is 43.7 Å². The minimum Gasteiger partial charge on any atom is -0.366 e. The molecular weight excluding hydrogens is 252 g/mol. The van der Waals surface area contributed by atoms with Crippen LogP contribution in [0, 0.1) is 0 Å². The van der Waals surface area contributed by atoms with E-state index in [0.717, 1.165) is 12.1 Å². The summed E-state index contributed by atoms with van der Waals surface area (Å²) in [5.41, 5.74) is 0.798. The molecule has 1 unspecified atom stereocenters. The van der Waals surface area contributed by atoms with Gasteiger partial charge in [-0.05, 0) is 40.4 Å². The number of benzene rings is 1. The van der Waals surface area contributed by atoms with Crippen LogP contribution in [0.5, 0.6) is 0 Å². The first-order valence-corrected chi connectivity index (χ1v) is 6.91. The van der Waals surface area contributed by atoms with Gasteiger partial charge in [-0.25, -0.2) is 0 Å². The number of carbonyl (C=O) groups excluding carboxylic acids is 1. The third-order valence-electron chi connectivity index (χ3n) is 2.72. The van der Waals surface area contributed by atoms with Crippen LogP contribution in [0.2, 0.25) is 0 Å². The van der Waals surface area contributed by atoms with Gasteiger partial charge in [0, 0.05) is 6.54 Å². The van der Waals surface area contributed by atoms with E-state index in [9.17, 15) is 4.79 Å². The van der Waals surface area contributed by atoms with Crippen LogP contribution >= 0.6 is 0 Å². The first-order valence-electron chi connectivity index (χ1n) is 6.91. The second kappa shape index (κ2) is 7.41. The topological polar surface area (TPSA) is 41.6 Å². The van der Waals surface area contributed by atoms with Crippen molar-refractivity contribution < 1.29 is 9.53 Å². The zero-order valence-corrected chi connectivity index (χ0v) is 13.1. The van der Waals surface area contributed by atoms with Gasteiger partial charge in [0.25, 0.3) is 0 Å². The summed E-state index contributed by atoms with van der Waals surface area (Å²) in [6.45, 7) is 6.66. The van der Waals surface area contributed by atoms with Crippen molar-refractivity contribution in [3.05, 3.63) is 35.9 Å². The molecule has 0 aliphatic heterocycles. The van der Waals surface area contributed by atoms with Crippen molar-refractivity contribution >= 4 is 5.91 Å². The summed E-state index contributed by atoms with van der Waals surface area (Å²) in [5.74, 6) is -0.0874. The van der Waals surface area contributed by atoms with Gasteiger partial charge in [-0.3, -0.25) is 4.79 Å². The van der Waals surface area contributed by atoms with E-state index >= 15 is 0 Å². The van der Waals surface area contributed by atoms with E-state index in [1.165, 1.54) is 0 Å². The fourth-order valence-corrected chi connectivity index (χ4v) is 1.80. The van der Waals surface area contributed by atoms with Crippen LogP contribution in [0.3, 0.4) is 0 Å². The number of amides is 1. The Labute approximate surface area is 122 Å². The van der Waals surface area contributed by atoms with Gasteiger partial charge in [0.1, 0.15) is 6.61 Å². The monoisotopic (exact) mass is 278 g/mol. The fourth-order valence-electron chi connectivity index (χ4n) is 1.80. The van der Waals surface area contributed by atoms with Gasteiger partial charge in [0.05, 0.1) is 11.6 Å². The normalized spacial score (nSPS) is 13.3. The molecule has 20 heavy (non-hydrogen) atoms. The summed E-state index contributed by atoms with van der Waals surface area (Å²) in [4.78, 5) is 14.1. The molecular formula is C16H26N2O2. The lowest BCUT2D eigenvalue weighted by Crippen LogP contribution is -2.38. The lowest BCUT2D eigenvalue weighted by molar-refractivity contribution is -0.131. The van der Waals surface area contributed by atoms with Crippen LogP contribution < -0.4 is 5.32 Å². The van der Waals surface area contributed by atoms with Crippen LogP contribution in [0.1, 0.15) is 32.4 Å². The average Bonchev–Trinajstić information content (AvgIpc) is 2.35. The highest BCUT2D eigenvalue weighted by atomic mass is 16.5. The quantitative estimate of drug-likeness (QED) is 0.867. The number of hydrogen-bond donors (Lipinski definition) is 1. The Bertz CT molecular complexity index is 410. The van der Waals surface area contributed by atoms with Gasteiger partial charge in [-0.2, -0.15) is 0 Å². The molecule has 1 aromatic rings. The number of hydrogen-bond acceptors (Lipinski definition) is 3. The largest absolute Gasteiger partial charge is 0.366 e. The molecule has 0 bridgehead atoms. The van der Waals surface area contributed by atoms with Gasteiger partial charge < -0.3 is 15.0 Å². The molecule has 1 atom stereocenters. The molecule has 1 amide bonds. The first-order chi connectivity index (χ1) is 9.28. The molecule has 1 aromatic carbocycles. The number of ether oxygens (including phenoxy) is 1. The highest BCUT2D eigenvalue weighted by Crippen LogP contribution is 2.13. The van der Waals surface area contributed by atoms with Crippen molar-refractivity contribution in [3.8, 4) is 0 Å². The Hall–Kier alpha value is -1.39. The van der Waals surface area contributed by atoms with E-state index < -0.39 is 0 Å². The molecule has 4 heteroatoms. The Morgan fingerprint density at radius 1 is 1.25 bits per heavy atom. The summed E-state index contributed by atoms with van der Waals surface area (Å²) >= 11 is 0. The molecule has 4 nitrogen and oxygen atoms in total. The Balaban J connectivity index is 2.64. The lowest BCUT2D eigenvalue weighted by atomic mass is 10.1. The van der Waals surface area contributed by atoms with Gasteiger partial charge in [-0.15, -0.1) is 0 Å². The molecule has 0 aromatic heterocycles. The predicted octanol–water partition coefficient (Wildman–Crippen LogP) is 2.22. The average molecular weight is 278 g/mol. The van der Waals surface area contributed by atoms with Gasteiger partial charge >= 0.3 is 0 Å². The van der Waals surface area contributed by atoms with E-state index in [4.69, 9.17) is 4.74 Å². The third kappa shape index (κ3) is 6.68. The summed E-state index contributed by atoms with van der Waals surface area (Å²) in [6, 6.07) is 9.96. The molecule has 0 fully saturated rings. The smallest absolute Gasteiger partial charge is 0.246 e. The van der Waals surface area contributed by atoms with Gasteiger partial charge in [0.15, 0.2) is 0 Å². The SMILES string of the molecule is CN(C)CC(NC(=O)COC(C)(C)C)c1ccccc1. The second-order valence-electron chi connectivity index (χ2n) is 6.19. The predicted molar refractivity (Wildman–Crippen MR) is 81.6 cm³/mol. The van der Waals surface area contributed by atoms with Crippen LogP contribution in [-0.2, 0) is 9.53 Å². The number of rotatable bonds is 6. The standard InChI is InChI=1S/C16H26N2O2/c1-16(2,3)20-12-15(19)17-14(11-18(4)5)13-9-7-6-8-10-13/h6-10,14H,11-12H2,1-5H3,(H,17,19). The molecule has 0 heterocycles. The Kier molecular flexibility index (Phi) is 6.17. The van der Waals surface area contributed by atoms with Crippen LogP contribution in [0.15, 0.2) is 30.3 Å². The van der Waals surface area contributed by atoms with Crippen molar-refractivity contribution in [2.75, 3.05) is 27.2 Å². The molecule has 1 N–H and O–H groups in total. The molecule has 0 saturated carbocycles. The van der Waals surface area contributed by atoms with Crippen molar-refractivity contribution in [1.82, 2.24) is 10.2 Å². The molecule has 0 aliphatic rings. The number of nitrogens with one attached hydrogen (secondary N) is 1. The maximum atomic E-state index is 12.0. The zero-order chi connectivity index (χ0) is 15.2. The molecule has 0 saturated heterocycles. The van der Waals surface area contributed by atoms with Gasteiger partial charge in [-0.1, -0.05) is 30.3 Å². The van der Waals surface area contributed by atoms with E-state index in [0.29, 0.717) is 0 Å². The van der Waals surface area contributed by atoms with Gasteiger partial charge in [0.2, 0.25) is 5.91 Å². The van der Waals surface area contributed by atoms with E-state index in [-0.39, 0.29) is 24.2 Å². The minimum absolute atomic E-state index is 0.0257. The molecule has 0 aliphatic carbocycles. The molecule has 1 rings (SSSR count). The van der Waals surface area contributed by atoms with Crippen molar-refractivity contribution in [2.45, 2.75) is 32.4 Å². The fraction of sp³-hybridized carbons (Fsp3) is 0.562. The van der Waals surface area contributed by atoms with Crippen LogP contribution in [0.25, 0.3) is 0 Å². The zero-order valence-electron chi connectivity index (χ0n) is 13.1. The summed E-state index contributed by atoms with van der Waals surface area (Å²) < 4.78 is 5.51. The maximum absolute atomic E-state index is 12.0. The minimum atomic E-state index is -0.304. The third-order valence-corrected chi connectivity index (χ3v) is 2.72. The first kappa shape index (κ1) is 16.7. The molecule has 0 spiro atoms. The molecule has 0 radical (unpaired) electrons. The lowest BCUT2D eigenvalue weighted by Gasteiger charge is -2.24. The van der Waals surface area contributed by atoms with Crippen molar-refractivity contribution in [3.63, 3.8) is 0 Å². The second-order valence-corrected chi connectivity index (χ2v) is 6.19. The number of nitrogens with zero attached hydrogens (tertiary/aromatic N) is 1. The van der Waals surface area contributed by atoms with Crippen LogP contribution in [0.4, 0.5) is 0 Å². The van der Waals surface area contributed by atoms with Crippen molar-refractivity contribution in [2.24, 2.45) is 0 Å². The molecule has 112 valence electrons.